The summed E-state index contributed by atoms with van der Waals surface area (Å²) >= 11 is 0. The summed E-state index contributed by atoms with van der Waals surface area (Å²) in [5, 5.41) is 2.56. The number of nitrogens with two attached hydrogens (primary N) is 1. The highest BCUT2D eigenvalue weighted by Crippen LogP contribution is 2.30. The van der Waals surface area contributed by atoms with Crippen molar-refractivity contribution in [3.05, 3.63) is 48.0 Å². The SMILES string of the molecule is CC(C)C(C)C(N)c1cccc2ccccc12. The largest absolute Gasteiger partial charge is 0.324 e. The summed E-state index contributed by atoms with van der Waals surface area (Å²) in [7, 11) is 0. The second-order valence-corrected chi connectivity index (χ2v) is 5.20. The molecule has 2 unspecified atom stereocenters. The van der Waals surface area contributed by atoms with Crippen LogP contribution in [0.4, 0.5) is 0 Å². The van der Waals surface area contributed by atoms with Gasteiger partial charge in [-0.3, -0.25) is 0 Å². The van der Waals surface area contributed by atoms with Crippen LogP contribution in [0.25, 0.3) is 10.8 Å². The van der Waals surface area contributed by atoms with Crippen LogP contribution >= 0.6 is 0 Å². The van der Waals surface area contributed by atoms with Crippen molar-refractivity contribution >= 4 is 10.8 Å². The average Bonchev–Trinajstić information content (AvgIpc) is 2.36. The van der Waals surface area contributed by atoms with E-state index in [1.807, 2.05) is 0 Å². The number of fused-ring (bicyclic) bond motifs is 1. The Bertz CT molecular complexity index is 496. The van der Waals surface area contributed by atoms with E-state index in [2.05, 4.69) is 63.2 Å². The molecule has 0 aromatic heterocycles. The van der Waals surface area contributed by atoms with Gasteiger partial charge in [0, 0.05) is 6.04 Å². The minimum Gasteiger partial charge on any atom is -0.324 e. The quantitative estimate of drug-likeness (QED) is 0.838. The van der Waals surface area contributed by atoms with E-state index in [1.165, 1.54) is 16.3 Å². The molecule has 2 aromatic rings. The lowest BCUT2D eigenvalue weighted by Gasteiger charge is -2.24. The number of rotatable bonds is 3. The van der Waals surface area contributed by atoms with E-state index in [4.69, 9.17) is 5.73 Å². The standard InChI is InChI=1S/C16H21N/c1-11(2)12(3)16(17)15-10-6-8-13-7-4-5-9-14(13)15/h4-12,16H,17H2,1-3H3. The minimum atomic E-state index is 0.112. The molecule has 2 aromatic carbocycles. The van der Waals surface area contributed by atoms with Gasteiger partial charge in [-0.15, -0.1) is 0 Å². The first-order chi connectivity index (χ1) is 8.11. The Morgan fingerprint density at radius 3 is 2.24 bits per heavy atom. The fourth-order valence-corrected chi connectivity index (χ4v) is 2.24. The number of hydrogen-bond acceptors (Lipinski definition) is 1. The monoisotopic (exact) mass is 227 g/mol. The molecule has 17 heavy (non-hydrogen) atoms. The molecule has 2 N–H and O–H groups in total. The molecule has 0 aliphatic heterocycles. The second-order valence-electron chi connectivity index (χ2n) is 5.20. The molecular weight excluding hydrogens is 206 g/mol. The Morgan fingerprint density at radius 2 is 1.53 bits per heavy atom. The molecule has 1 nitrogen and oxygen atoms in total. The predicted molar refractivity (Wildman–Crippen MR) is 74.9 cm³/mol. The predicted octanol–water partition coefficient (Wildman–Crippen LogP) is 4.13. The molecule has 0 saturated heterocycles. The summed E-state index contributed by atoms with van der Waals surface area (Å²) < 4.78 is 0. The minimum absolute atomic E-state index is 0.112. The zero-order chi connectivity index (χ0) is 12.4. The van der Waals surface area contributed by atoms with E-state index in [-0.39, 0.29) is 6.04 Å². The summed E-state index contributed by atoms with van der Waals surface area (Å²) in [6.45, 7) is 6.70. The van der Waals surface area contributed by atoms with E-state index in [9.17, 15) is 0 Å². The van der Waals surface area contributed by atoms with Gasteiger partial charge < -0.3 is 5.73 Å². The highest BCUT2D eigenvalue weighted by molar-refractivity contribution is 5.86. The van der Waals surface area contributed by atoms with Gasteiger partial charge in [-0.05, 0) is 28.2 Å². The Hall–Kier alpha value is -1.34. The van der Waals surface area contributed by atoms with Crippen LogP contribution in [0.3, 0.4) is 0 Å². The van der Waals surface area contributed by atoms with Crippen molar-refractivity contribution in [3.8, 4) is 0 Å². The average molecular weight is 227 g/mol. The third-order valence-corrected chi connectivity index (χ3v) is 3.80. The van der Waals surface area contributed by atoms with E-state index < -0.39 is 0 Å². The third kappa shape index (κ3) is 2.34. The van der Waals surface area contributed by atoms with E-state index in [0.29, 0.717) is 11.8 Å². The summed E-state index contributed by atoms with van der Waals surface area (Å²) in [4.78, 5) is 0. The van der Waals surface area contributed by atoms with Crippen LogP contribution in [-0.4, -0.2) is 0 Å². The Balaban J connectivity index is 2.48. The van der Waals surface area contributed by atoms with Crippen molar-refractivity contribution in [2.45, 2.75) is 26.8 Å². The maximum absolute atomic E-state index is 6.41. The highest BCUT2D eigenvalue weighted by Gasteiger charge is 2.19. The van der Waals surface area contributed by atoms with Gasteiger partial charge in [-0.2, -0.15) is 0 Å². The zero-order valence-corrected chi connectivity index (χ0v) is 10.9. The molecule has 90 valence electrons. The van der Waals surface area contributed by atoms with Crippen LogP contribution < -0.4 is 5.73 Å². The van der Waals surface area contributed by atoms with Gasteiger partial charge in [0.25, 0.3) is 0 Å². The molecule has 0 bridgehead atoms. The molecule has 1 heteroatoms. The highest BCUT2D eigenvalue weighted by atomic mass is 14.7. The summed E-state index contributed by atoms with van der Waals surface area (Å²) in [5.41, 5.74) is 7.67. The van der Waals surface area contributed by atoms with Crippen molar-refractivity contribution in [1.82, 2.24) is 0 Å². The third-order valence-electron chi connectivity index (χ3n) is 3.80. The molecule has 0 heterocycles. The van der Waals surface area contributed by atoms with E-state index >= 15 is 0 Å². The van der Waals surface area contributed by atoms with E-state index in [1.54, 1.807) is 0 Å². The number of benzene rings is 2. The lowest BCUT2D eigenvalue weighted by atomic mass is 9.85. The summed E-state index contributed by atoms with van der Waals surface area (Å²) in [6.07, 6.45) is 0. The van der Waals surface area contributed by atoms with Crippen molar-refractivity contribution in [2.24, 2.45) is 17.6 Å². The van der Waals surface area contributed by atoms with Crippen LogP contribution in [0, 0.1) is 11.8 Å². The molecule has 0 amide bonds. The van der Waals surface area contributed by atoms with Crippen LogP contribution in [0.5, 0.6) is 0 Å². The Morgan fingerprint density at radius 1 is 0.882 bits per heavy atom. The van der Waals surface area contributed by atoms with Gasteiger partial charge in [0.1, 0.15) is 0 Å². The second kappa shape index (κ2) is 4.89. The van der Waals surface area contributed by atoms with Crippen molar-refractivity contribution in [1.29, 1.82) is 0 Å². The van der Waals surface area contributed by atoms with Gasteiger partial charge in [-0.25, -0.2) is 0 Å². The lowest BCUT2D eigenvalue weighted by Crippen LogP contribution is -2.23. The fourth-order valence-electron chi connectivity index (χ4n) is 2.24. The molecule has 0 spiro atoms. The van der Waals surface area contributed by atoms with Gasteiger partial charge >= 0.3 is 0 Å². The molecular formula is C16H21N. The van der Waals surface area contributed by atoms with Gasteiger partial charge in [0.2, 0.25) is 0 Å². The van der Waals surface area contributed by atoms with Gasteiger partial charge in [0.05, 0.1) is 0 Å². The molecule has 0 fully saturated rings. The topological polar surface area (TPSA) is 26.0 Å². The molecule has 2 atom stereocenters. The van der Waals surface area contributed by atoms with Crippen molar-refractivity contribution < 1.29 is 0 Å². The lowest BCUT2D eigenvalue weighted by molar-refractivity contribution is 0.353. The molecule has 2 rings (SSSR count). The van der Waals surface area contributed by atoms with Crippen LogP contribution in [0.15, 0.2) is 42.5 Å². The smallest absolute Gasteiger partial charge is 0.0329 e. The van der Waals surface area contributed by atoms with Gasteiger partial charge in [0.15, 0.2) is 0 Å². The summed E-state index contributed by atoms with van der Waals surface area (Å²) in [6, 6.07) is 15.0. The normalized spacial score (nSPS) is 15.1. The van der Waals surface area contributed by atoms with Crippen molar-refractivity contribution in [2.75, 3.05) is 0 Å². The van der Waals surface area contributed by atoms with E-state index in [0.717, 1.165) is 0 Å². The molecule has 0 radical (unpaired) electrons. The first-order valence-corrected chi connectivity index (χ1v) is 6.34. The molecule has 0 aliphatic carbocycles. The Labute approximate surface area is 104 Å². The maximum atomic E-state index is 6.41. The van der Waals surface area contributed by atoms with Gasteiger partial charge in [-0.1, -0.05) is 63.2 Å². The number of hydrogen-bond donors (Lipinski definition) is 1. The van der Waals surface area contributed by atoms with Crippen molar-refractivity contribution in [3.63, 3.8) is 0 Å². The zero-order valence-electron chi connectivity index (χ0n) is 10.9. The maximum Gasteiger partial charge on any atom is 0.0329 e. The van der Waals surface area contributed by atoms with Crippen LogP contribution in [0.2, 0.25) is 0 Å². The summed E-state index contributed by atoms with van der Waals surface area (Å²) in [5.74, 6) is 1.09. The first kappa shape index (κ1) is 12.1. The van der Waals surface area contributed by atoms with Crippen LogP contribution in [-0.2, 0) is 0 Å². The first-order valence-electron chi connectivity index (χ1n) is 6.34. The Kier molecular flexibility index (Phi) is 3.49. The fraction of sp³-hybridized carbons (Fsp3) is 0.375. The molecule has 0 saturated carbocycles. The molecule has 0 aliphatic rings. The van der Waals surface area contributed by atoms with Crippen LogP contribution in [0.1, 0.15) is 32.4 Å².